The summed E-state index contributed by atoms with van der Waals surface area (Å²) in [6.45, 7) is 1.56. The molecule has 0 unspecified atom stereocenters. The molecule has 1 heterocycles. The van der Waals surface area contributed by atoms with E-state index in [2.05, 4.69) is 10.6 Å². The maximum atomic E-state index is 12.1. The molecule has 1 atom stereocenters. The maximum Gasteiger partial charge on any atom is 0.308 e. The van der Waals surface area contributed by atoms with Gasteiger partial charge in [0.2, 0.25) is 0 Å². The van der Waals surface area contributed by atoms with Gasteiger partial charge < -0.3 is 15.4 Å². The summed E-state index contributed by atoms with van der Waals surface area (Å²) in [6, 6.07) is 6.31. The van der Waals surface area contributed by atoms with Crippen LogP contribution >= 0.6 is 34.5 Å². The van der Waals surface area contributed by atoms with E-state index in [1.165, 1.54) is 24.3 Å². The molecule has 1 aromatic heterocycles. The van der Waals surface area contributed by atoms with Crippen LogP contribution in [-0.4, -0.2) is 30.4 Å². The highest BCUT2D eigenvalue weighted by molar-refractivity contribution is 7.08. The molecule has 0 radical (unpaired) electrons. The van der Waals surface area contributed by atoms with Crippen molar-refractivity contribution in [2.45, 2.75) is 19.4 Å². The summed E-state index contributed by atoms with van der Waals surface area (Å²) in [7, 11) is 0. The third-order valence-electron chi connectivity index (χ3n) is 3.26. The lowest BCUT2D eigenvalue weighted by Crippen LogP contribution is -2.32. The van der Waals surface area contributed by atoms with Gasteiger partial charge >= 0.3 is 5.97 Å². The first-order valence-corrected chi connectivity index (χ1v) is 9.32. The number of ether oxygens (including phenoxy) is 1. The van der Waals surface area contributed by atoms with E-state index in [1.54, 1.807) is 29.0 Å². The zero-order chi connectivity index (χ0) is 19.1. The van der Waals surface area contributed by atoms with Crippen LogP contribution in [0, 0.1) is 0 Å². The van der Waals surface area contributed by atoms with Crippen molar-refractivity contribution in [3.63, 3.8) is 0 Å². The average molecular weight is 415 g/mol. The zero-order valence-electron chi connectivity index (χ0n) is 13.8. The van der Waals surface area contributed by atoms with Gasteiger partial charge in [0, 0.05) is 22.5 Å². The number of carbonyl (C=O) groups excluding carboxylic acids is 3. The van der Waals surface area contributed by atoms with Crippen molar-refractivity contribution < 1.29 is 19.1 Å². The van der Waals surface area contributed by atoms with Gasteiger partial charge in [-0.15, -0.1) is 0 Å². The molecule has 9 heteroatoms. The normalized spacial score (nSPS) is 11.5. The minimum atomic E-state index is -1.01. The largest absolute Gasteiger partial charge is 0.452 e. The minimum absolute atomic E-state index is 0.0464. The molecule has 0 fully saturated rings. The molecule has 6 nitrogen and oxygen atoms in total. The lowest BCUT2D eigenvalue weighted by Gasteiger charge is -2.14. The van der Waals surface area contributed by atoms with E-state index in [0.29, 0.717) is 16.3 Å². The van der Waals surface area contributed by atoms with E-state index in [9.17, 15) is 14.4 Å². The Bertz CT molecular complexity index is 796. The molecule has 0 saturated carbocycles. The van der Waals surface area contributed by atoms with Gasteiger partial charge in [0.25, 0.3) is 11.8 Å². The molecular weight excluding hydrogens is 399 g/mol. The minimum Gasteiger partial charge on any atom is -0.452 e. The Morgan fingerprint density at radius 3 is 2.65 bits per heavy atom. The van der Waals surface area contributed by atoms with Gasteiger partial charge in [-0.25, -0.2) is 0 Å². The lowest BCUT2D eigenvalue weighted by molar-refractivity contribution is -0.153. The van der Waals surface area contributed by atoms with Gasteiger partial charge in [-0.1, -0.05) is 23.2 Å². The summed E-state index contributed by atoms with van der Waals surface area (Å²) in [5.41, 5.74) is 0.906. The van der Waals surface area contributed by atoms with E-state index in [0.717, 1.165) is 0 Å². The van der Waals surface area contributed by atoms with Crippen LogP contribution in [0.1, 0.15) is 23.7 Å². The highest BCUT2D eigenvalue weighted by Crippen LogP contribution is 2.25. The third-order valence-corrected chi connectivity index (χ3v) is 4.50. The summed E-state index contributed by atoms with van der Waals surface area (Å²) >= 11 is 13.2. The Balaban J connectivity index is 1.75. The summed E-state index contributed by atoms with van der Waals surface area (Å²) in [4.78, 5) is 35.6. The molecule has 26 heavy (non-hydrogen) atoms. The smallest absolute Gasteiger partial charge is 0.308 e. The molecule has 2 amide bonds. The van der Waals surface area contributed by atoms with Crippen molar-refractivity contribution in [3.8, 4) is 0 Å². The molecule has 0 spiro atoms. The number of hydrogen-bond acceptors (Lipinski definition) is 5. The van der Waals surface area contributed by atoms with Crippen molar-refractivity contribution in [1.29, 1.82) is 0 Å². The number of rotatable bonds is 7. The van der Waals surface area contributed by atoms with Crippen LogP contribution in [0.3, 0.4) is 0 Å². The highest BCUT2D eigenvalue weighted by Gasteiger charge is 2.19. The fraction of sp³-hybridized carbons (Fsp3) is 0.235. The quantitative estimate of drug-likeness (QED) is 0.675. The fourth-order valence-corrected chi connectivity index (χ4v) is 3.00. The average Bonchev–Trinajstić information content (AvgIpc) is 3.11. The Morgan fingerprint density at radius 2 is 2.00 bits per heavy atom. The molecule has 2 aromatic rings. The van der Waals surface area contributed by atoms with Crippen LogP contribution in [0.15, 0.2) is 35.0 Å². The number of hydrogen-bond donors (Lipinski definition) is 2. The molecule has 2 rings (SSSR count). The van der Waals surface area contributed by atoms with Gasteiger partial charge in [0.15, 0.2) is 6.10 Å². The van der Waals surface area contributed by atoms with E-state index in [4.69, 9.17) is 27.9 Å². The summed E-state index contributed by atoms with van der Waals surface area (Å²) in [5, 5.41) is 9.39. The number of carbonyl (C=O) groups is 3. The maximum absolute atomic E-state index is 12.1. The number of halogens is 2. The Hall–Kier alpha value is -2.09. The third kappa shape index (κ3) is 6.01. The van der Waals surface area contributed by atoms with Crippen LogP contribution in [0.4, 0.5) is 5.69 Å². The molecule has 2 N–H and O–H groups in total. The molecule has 0 aliphatic carbocycles. The fourth-order valence-electron chi connectivity index (χ4n) is 1.91. The van der Waals surface area contributed by atoms with Crippen molar-refractivity contribution in [1.82, 2.24) is 5.32 Å². The zero-order valence-corrected chi connectivity index (χ0v) is 16.1. The molecule has 0 bridgehead atoms. The highest BCUT2D eigenvalue weighted by atomic mass is 35.5. The van der Waals surface area contributed by atoms with Crippen LogP contribution in [0.2, 0.25) is 10.0 Å². The number of amides is 2. The van der Waals surface area contributed by atoms with E-state index in [-0.39, 0.29) is 23.9 Å². The number of thiophene rings is 1. The molecule has 138 valence electrons. The number of nitrogens with one attached hydrogen (secondary N) is 2. The number of esters is 1. The molecule has 0 aliphatic heterocycles. The second-order valence-corrected chi connectivity index (χ2v) is 6.89. The first-order chi connectivity index (χ1) is 12.4. The molecule has 0 saturated heterocycles. The van der Waals surface area contributed by atoms with Crippen LogP contribution in [-0.2, 0) is 14.3 Å². The Morgan fingerprint density at radius 1 is 1.23 bits per heavy atom. The van der Waals surface area contributed by atoms with Crippen molar-refractivity contribution >= 4 is 58.0 Å². The van der Waals surface area contributed by atoms with Gasteiger partial charge in [-0.05, 0) is 36.6 Å². The first-order valence-electron chi connectivity index (χ1n) is 7.62. The Labute approximate surface area is 164 Å². The van der Waals surface area contributed by atoms with Crippen molar-refractivity contribution in [2.75, 3.05) is 11.9 Å². The lowest BCUT2D eigenvalue weighted by atomic mass is 10.3. The SMILES string of the molecule is C[C@H](OC(=O)CCNC(=O)c1ccsc1)C(=O)Nc1ccc(Cl)cc1Cl. The topological polar surface area (TPSA) is 84.5 Å². The molecule has 1 aromatic carbocycles. The van der Waals surface area contributed by atoms with E-state index < -0.39 is 18.0 Å². The van der Waals surface area contributed by atoms with Crippen LogP contribution in [0.5, 0.6) is 0 Å². The summed E-state index contributed by atoms with van der Waals surface area (Å²) < 4.78 is 5.05. The van der Waals surface area contributed by atoms with Crippen LogP contribution in [0.25, 0.3) is 0 Å². The molecular formula is C17H16Cl2N2O4S. The van der Waals surface area contributed by atoms with Gasteiger partial charge in [-0.3, -0.25) is 14.4 Å². The predicted molar refractivity (Wildman–Crippen MR) is 102 cm³/mol. The van der Waals surface area contributed by atoms with Gasteiger partial charge in [-0.2, -0.15) is 11.3 Å². The molecule has 0 aliphatic rings. The summed E-state index contributed by atoms with van der Waals surface area (Å²) in [5.74, 6) is -1.38. The van der Waals surface area contributed by atoms with Gasteiger partial charge in [0.1, 0.15) is 0 Å². The predicted octanol–water partition coefficient (Wildman–Crippen LogP) is 3.75. The number of anilines is 1. The number of benzene rings is 1. The standard InChI is InChI=1S/C17H16Cl2N2O4S/c1-10(16(23)21-14-3-2-12(18)8-13(14)19)25-15(22)4-6-20-17(24)11-5-7-26-9-11/h2-3,5,7-10H,4,6H2,1H3,(H,20,24)(H,21,23)/t10-/m0/s1. The van der Waals surface area contributed by atoms with E-state index in [1.807, 2.05) is 0 Å². The summed E-state index contributed by atoms with van der Waals surface area (Å²) in [6.07, 6.45) is -1.06. The van der Waals surface area contributed by atoms with Gasteiger partial charge in [0.05, 0.1) is 17.1 Å². The monoisotopic (exact) mass is 414 g/mol. The van der Waals surface area contributed by atoms with E-state index >= 15 is 0 Å². The first kappa shape index (κ1) is 20.2. The Kier molecular flexibility index (Phi) is 7.44. The second-order valence-electron chi connectivity index (χ2n) is 5.26. The van der Waals surface area contributed by atoms with Crippen LogP contribution < -0.4 is 10.6 Å². The van der Waals surface area contributed by atoms with Crippen molar-refractivity contribution in [3.05, 3.63) is 50.6 Å². The van der Waals surface area contributed by atoms with Crippen molar-refractivity contribution in [2.24, 2.45) is 0 Å². The second kappa shape index (κ2) is 9.56.